The lowest BCUT2D eigenvalue weighted by atomic mass is 10.2. The molecule has 0 radical (unpaired) electrons. The molecule has 0 atom stereocenters. The van der Waals surface area contributed by atoms with Gasteiger partial charge in [-0.3, -0.25) is 4.79 Å². The summed E-state index contributed by atoms with van der Waals surface area (Å²) in [5, 5.41) is 8.92. The van der Waals surface area contributed by atoms with Crippen molar-refractivity contribution >= 4 is 28.6 Å². The smallest absolute Gasteiger partial charge is 0.220 e. The van der Waals surface area contributed by atoms with Gasteiger partial charge < -0.3 is 5.32 Å². The van der Waals surface area contributed by atoms with Gasteiger partial charge in [0.1, 0.15) is 0 Å². The Hall–Kier alpha value is -1.20. The van der Waals surface area contributed by atoms with E-state index in [0.29, 0.717) is 13.0 Å². The van der Waals surface area contributed by atoms with E-state index >= 15 is 0 Å². The van der Waals surface area contributed by atoms with E-state index in [1.807, 2.05) is 22.2 Å². The van der Waals surface area contributed by atoms with Gasteiger partial charge in [0.15, 0.2) is 0 Å². The lowest BCUT2D eigenvalue weighted by Gasteiger charge is -2.02. The Morgan fingerprint density at radius 2 is 2.31 bits per heavy atom. The highest BCUT2D eigenvalue weighted by molar-refractivity contribution is 7.08. The van der Waals surface area contributed by atoms with Crippen molar-refractivity contribution in [2.75, 3.05) is 0 Å². The first kappa shape index (κ1) is 11.3. The Labute approximate surface area is 102 Å². The molecule has 3 nitrogen and oxygen atoms in total. The number of hydrogen-bond acceptors (Lipinski definition) is 4. The summed E-state index contributed by atoms with van der Waals surface area (Å²) < 4.78 is 0. The van der Waals surface area contributed by atoms with Gasteiger partial charge in [-0.05, 0) is 28.8 Å². The summed E-state index contributed by atoms with van der Waals surface area (Å²) in [7, 11) is 0. The van der Waals surface area contributed by atoms with Crippen molar-refractivity contribution in [2.45, 2.75) is 19.4 Å². The standard InChI is InChI=1S/C11H12N2OS2/c14-11(2-1-10-7-16-8-13-10)12-5-9-3-4-15-6-9/h3-4,6-8H,1-2,5H2,(H,12,14). The van der Waals surface area contributed by atoms with Crippen molar-refractivity contribution < 1.29 is 4.79 Å². The molecule has 0 bridgehead atoms. The molecule has 1 N–H and O–H groups in total. The van der Waals surface area contributed by atoms with Crippen molar-refractivity contribution in [3.63, 3.8) is 0 Å². The number of aromatic nitrogens is 1. The van der Waals surface area contributed by atoms with E-state index in [-0.39, 0.29) is 5.91 Å². The molecule has 0 aliphatic carbocycles. The molecule has 0 fully saturated rings. The van der Waals surface area contributed by atoms with Crippen LogP contribution in [-0.4, -0.2) is 10.9 Å². The van der Waals surface area contributed by atoms with Crippen LogP contribution in [0, 0.1) is 0 Å². The Bertz CT molecular complexity index is 383. The fourth-order valence-electron chi connectivity index (χ4n) is 1.28. The number of nitrogens with zero attached hydrogens (tertiary/aromatic N) is 1. The van der Waals surface area contributed by atoms with Gasteiger partial charge in [-0.2, -0.15) is 11.3 Å². The molecule has 2 rings (SSSR count). The molecule has 2 aromatic heterocycles. The van der Waals surface area contributed by atoms with Gasteiger partial charge in [0.05, 0.1) is 11.2 Å². The molecule has 0 spiro atoms. The third kappa shape index (κ3) is 3.43. The minimum absolute atomic E-state index is 0.0826. The van der Waals surface area contributed by atoms with Gasteiger partial charge in [0.2, 0.25) is 5.91 Å². The average Bonchev–Trinajstić information content (AvgIpc) is 2.96. The molecule has 0 saturated carbocycles. The zero-order valence-corrected chi connectivity index (χ0v) is 10.3. The second-order valence-corrected chi connectivity index (χ2v) is 4.89. The highest BCUT2D eigenvalue weighted by Gasteiger charge is 2.03. The van der Waals surface area contributed by atoms with Crippen LogP contribution >= 0.6 is 22.7 Å². The number of nitrogens with one attached hydrogen (secondary N) is 1. The number of hydrogen-bond donors (Lipinski definition) is 1. The van der Waals surface area contributed by atoms with Crippen LogP contribution in [0.5, 0.6) is 0 Å². The van der Waals surface area contributed by atoms with Crippen molar-refractivity contribution in [3.05, 3.63) is 39.0 Å². The van der Waals surface area contributed by atoms with Gasteiger partial charge in [-0.15, -0.1) is 11.3 Å². The maximum Gasteiger partial charge on any atom is 0.220 e. The predicted molar refractivity (Wildman–Crippen MR) is 66.6 cm³/mol. The molecule has 0 aliphatic heterocycles. The molecule has 1 amide bonds. The van der Waals surface area contributed by atoms with E-state index in [2.05, 4.69) is 10.3 Å². The SMILES string of the molecule is O=C(CCc1cscn1)NCc1ccsc1. The van der Waals surface area contributed by atoms with Gasteiger partial charge >= 0.3 is 0 Å². The summed E-state index contributed by atoms with van der Waals surface area (Å²) in [6, 6.07) is 2.02. The maximum absolute atomic E-state index is 11.5. The normalized spacial score (nSPS) is 10.2. The van der Waals surface area contributed by atoms with E-state index in [1.165, 1.54) is 0 Å². The maximum atomic E-state index is 11.5. The first-order valence-electron chi connectivity index (χ1n) is 4.99. The van der Waals surface area contributed by atoms with Crippen molar-refractivity contribution in [2.24, 2.45) is 0 Å². The summed E-state index contributed by atoms with van der Waals surface area (Å²) in [6.07, 6.45) is 1.23. The Morgan fingerprint density at radius 3 is 3.00 bits per heavy atom. The van der Waals surface area contributed by atoms with Gasteiger partial charge in [0.25, 0.3) is 0 Å². The molecule has 2 aromatic rings. The zero-order valence-electron chi connectivity index (χ0n) is 8.68. The molecule has 16 heavy (non-hydrogen) atoms. The number of carbonyl (C=O) groups is 1. The van der Waals surface area contributed by atoms with E-state index < -0.39 is 0 Å². The number of carbonyl (C=O) groups excluding carboxylic acids is 1. The van der Waals surface area contributed by atoms with Crippen LogP contribution in [0.3, 0.4) is 0 Å². The Morgan fingerprint density at radius 1 is 1.38 bits per heavy atom. The predicted octanol–water partition coefficient (Wildman–Crippen LogP) is 2.45. The minimum Gasteiger partial charge on any atom is -0.352 e. The number of rotatable bonds is 5. The second-order valence-electron chi connectivity index (χ2n) is 3.39. The van der Waals surface area contributed by atoms with E-state index in [0.717, 1.165) is 17.7 Å². The number of thiazole rings is 1. The lowest BCUT2D eigenvalue weighted by Crippen LogP contribution is -2.22. The highest BCUT2D eigenvalue weighted by atomic mass is 32.1. The summed E-state index contributed by atoms with van der Waals surface area (Å²) in [5.41, 5.74) is 3.95. The van der Waals surface area contributed by atoms with Crippen molar-refractivity contribution in [1.29, 1.82) is 0 Å². The molecule has 5 heteroatoms. The summed E-state index contributed by atoms with van der Waals surface area (Å²) in [6.45, 7) is 0.624. The molecule has 84 valence electrons. The fourth-order valence-corrected chi connectivity index (χ4v) is 2.55. The van der Waals surface area contributed by atoms with Crippen LogP contribution in [-0.2, 0) is 17.8 Å². The molecule has 2 heterocycles. The lowest BCUT2D eigenvalue weighted by molar-refractivity contribution is -0.121. The second kappa shape index (κ2) is 5.77. The first-order chi connectivity index (χ1) is 7.84. The fraction of sp³-hybridized carbons (Fsp3) is 0.273. The van der Waals surface area contributed by atoms with Gasteiger partial charge in [-0.25, -0.2) is 4.98 Å². The molecule has 0 aromatic carbocycles. The van der Waals surface area contributed by atoms with Crippen LogP contribution in [0.2, 0.25) is 0 Å². The largest absolute Gasteiger partial charge is 0.352 e. The summed E-state index contributed by atoms with van der Waals surface area (Å²) in [4.78, 5) is 15.6. The van der Waals surface area contributed by atoms with Crippen molar-refractivity contribution in [3.8, 4) is 0 Å². The van der Waals surface area contributed by atoms with Crippen LogP contribution in [0.25, 0.3) is 0 Å². The van der Waals surface area contributed by atoms with Crippen LogP contribution in [0.4, 0.5) is 0 Å². The third-order valence-corrected chi connectivity index (χ3v) is 3.53. The number of aryl methyl sites for hydroxylation is 1. The monoisotopic (exact) mass is 252 g/mol. The quantitative estimate of drug-likeness (QED) is 0.888. The zero-order chi connectivity index (χ0) is 11.2. The van der Waals surface area contributed by atoms with Gasteiger partial charge in [-0.1, -0.05) is 0 Å². The Balaban J connectivity index is 1.69. The Kier molecular flexibility index (Phi) is 4.07. The summed E-state index contributed by atoms with van der Waals surface area (Å²) >= 11 is 3.20. The van der Waals surface area contributed by atoms with E-state index in [9.17, 15) is 4.79 Å². The summed E-state index contributed by atoms with van der Waals surface area (Å²) in [5.74, 6) is 0.0826. The molecule has 0 aliphatic rings. The van der Waals surface area contributed by atoms with Crippen LogP contribution in [0.15, 0.2) is 27.7 Å². The minimum atomic E-state index is 0.0826. The van der Waals surface area contributed by atoms with Crippen molar-refractivity contribution in [1.82, 2.24) is 10.3 Å². The highest BCUT2D eigenvalue weighted by Crippen LogP contribution is 2.06. The molecule has 0 saturated heterocycles. The van der Waals surface area contributed by atoms with Gasteiger partial charge in [0, 0.05) is 18.3 Å². The molecular weight excluding hydrogens is 240 g/mol. The molecular formula is C11H12N2OS2. The van der Waals surface area contributed by atoms with E-state index in [1.54, 1.807) is 28.2 Å². The van der Waals surface area contributed by atoms with E-state index in [4.69, 9.17) is 0 Å². The molecule has 0 unspecified atom stereocenters. The number of thiophene rings is 1. The van der Waals surface area contributed by atoms with Crippen LogP contribution < -0.4 is 5.32 Å². The topological polar surface area (TPSA) is 42.0 Å². The van der Waals surface area contributed by atoms with Crippen LogP contribution in [0.1, 0.15) is 17.7 Å². The number of amides is 1. The third-order valence-electron chi connectivity index (χ3n) is 2.16. The average molecular weight is 252 g/mol. The first-order valence-corrected chi connectivity index (χ1v) is 6.88.